The molecule has 0 radical (unpaired) electrons. The van der Waals surface area contributed by atoms with Crippen molar-refractivity contribution in [2.24, 2.45) is 0 Å². The molecule has 2 fully saturated rings. The summed E-state index contributed by atoms with van der Waals surface area (Å²) in [7, 11) is 0. The summed E-state index contributed by atoms with van der Waals surface area (Å²) < 4.78 is 13.5. The van der Waals surface area contributed by atoms with E-state index < -0.39 is 5.82 Å². The third kappa shape index (κ3) is 2.47. The lowest BCUT2D eigenvalue weighted by Gasteiger charge is -2.48. The van der Waals surface area contributed by atoms with Crippen molar-refractivity contribution in [3.8, 4) is 0 Å². The Morgan fingerprint density at radius 3 is 3.05 bits per heavy atom. The second kappa shape index (κ2) is 4.89. The van der Waals surface area contributed by atoms with Gasteiger partial charge in [0.2, 0.25) is 0 Å². The maximum absolute atomic E-state index is 13.5. The average Bonchev–Trinajstić information content (AvgIpc) is 2.37. The molecule has 1 aliphatic carbocycles. The molecule has 19 heavy (non-hydrogen) atoms. The molecule has 1 spiro atoms. The third-order valence-corrected chi connectivity index (χ3v) is 4.29. The number of piperidine rings is 1. The topological polar surface area (TPSA) is 54.0 Å². The lowest BCUT2D eigenvalue weighted by atomic mass is 9.70. The lowest BCUT2D eigenvalue weighted by molar-refractivity contribution is 0.0849. The predicted octanol–water partition coefficient (Wildman–Crippen LogP) is 1.63. The van der Waals surface area contributed by atoms with Gasteiger partial charge in [0.1, 0.15) is 0 Å². The summed E-state index contributed by atoms with van der Waals surface area (Å²) >= 11 is 0. The van der Waals surface area contributed by atoms with Gasteiger partial charge in [0.15, 0.2) is 5.82 Å². The minimum Gasteiger partial charge on any atom is -0.349 e. The zero-order chi connectivity index (χ0) is 13.3. The van der Waals surface area contributed by atoms with Crippen molar-refractivity contribution >= 4 is 5.91 Å². The Morgan fingerprint density at radius 1 is 1.53 bits per heavy atom. The number of aromatic nitrogens is 1. The van der Waals surface area contributed by atoms with Crippen molar-refractivity contribution in [2.45, 2.75) is 43.7 Å². The molecule has 2 aliphatic rings. The summed E-state index contributed by atoms with van der Waals surface area (Å²) in [6, 6.07) is 1.56. The van der Waals surface area contributed by atoms with Crippen LogP contribution in [0.4, 0.5) is 4.39 Å². The van der Waals surface area contributed by atoms with Crippen molar-refractivity contribution in [2.75, 3.05) is 6.54 Å². The summed E-state index contributed by atoms with van der Waals surface area (Å²) in [5, 5.41) is 6.50. The first-order valence-electron chi connectivity index (χ1n) is 6.84. The predicted molar refractivity (Wildman–Crippen MR) is 69.3 cm³/mol. The highest BCUT2D eigenvalue weighted by Gasteiger charge is 2.41. The number of carbonyl (C=O) groups excluding carboxylic acids is 1. The van der Waals surface area contributed by atoms with E-state index >= 15 is 0 Å². The highest BCUT2D eigenvalue weighted by atomic mass is 19.1. The molecule has 0 aromatic carbocycles. The van der Waals surface area contributed by atoms with Gasteiger partial charge in [0, 0.05) is 17.8 Å². The van der Waals surface area contributed by atoms with Gasteiger partial charge in [-0.05, 0) is 44.7 Å². The average molecular weight is 263 g/mol. The van der Waals surface area contributed by atoms with Gasteiger partial charge in [0.05, 0.1) is 11.8 Å². The van der Waals surface area contributed by atoms with Gasteiger partial charge < -0.3 is 10.6 Å². The molecule has 2 heterocycles. The molecular weight excluding hydrogens is 245 g/mol. The molecule has 1 aromatic heterocycles. The zero-order valence-electron chi connectivity index (χ0n) is 10.8. The molecular formula is C14H18FN3O. The SMILES string of the molecule is O=C(NC1CCNC2(CCC2)C1)c1ccncc1F. The number of nitrogens with one attached hydrogen (secondary N) is 2. The molecule has 1 atom stereocenters. The Balaban J connectivity index is 1.65. The monoisotopic (exact) mass is 263 g/mol. The maximum Gasteiger partial charge on any atom is 0.254 e. The quantitative estimate of drug-likeness (QED) is 0.852. The van der Waals surface area contributed by atoms with Crippen LogP contribution in [0, 0.1) is 5.82 Å². The van der Waals surface area contributed by atoms with Crippen LogP contribution in [-0.4, -0.2) is 29.0 Å². The van der Waals surface area contributed by atoms with E-state index in [2.05, 4.69) is 15.6 Å². The highest BCUT2D eigenvalue weighted by molar-refractivity contribution is 5.94. The van der Waals surface area contributed by atoms with Crippen LogP contribution in [0.15, 0.2) is 18.5 Å². The molecule has 1 unspecified atom stereocenters. The van der Waals surface area contributed by atoms with Crippen LogP contribution < -0.4 is 10.6 Å². The summed E-state index contributed by atoms with van der Waals surface area (Å²) in [6.45, 7) is 0.920. The van der Waals surface area contributed by atoms with Gasteiger partial charge in [-0.2, -0.15) is 0 Å². The largest absolute Gasteiger partial charge is 0.349 e. The molecule has 3 rings (SSSR count). The van der Waals surface area contributed by atoms with E-state index in [0.29, 0.717) is 0 Å². The fraction of sp³-hybridized carbons (Fsp3) is 0.571. The normalized spacial score (nSPS) is 24.8. The Hall–Kier alpha value is -1.49. The zero-order valence-corrected chi connectivity index (χ0v) is 10.8. The fourth-order valence-electron chi connectivity index (χ4n) is 3.09. The number of pyridine rings is 1. The molecule has 1 aromatic rings. The summed E-state index contributed by atoms with van der Waals surface area (Å²) in [5.74, 6) is -0.895. The number of hydrogen-bond acceptors (Lipinski definition) is 3. The molecule has 1 aliphatic heterocycles. The van der Waals surface area contributed by atoms with Crippen molar-refractivity contribution in [1.29, 1.82) is 0 Å². The second-order valence-electron chi connectivity index (χ2n) is 5.58. The van der Waals surface area contributed by atoms with Crippen LogP contribution in [0.2, 0.25) is 0 Å². The van der Waals surface area contributed by atoms with E-state index in [9.17, 15) is 9.18 Å². The highest BCUT2D eigenvalue weighted by Crippen LogP contribution is 2.38. The summed E-state index contributed by atoms with van der Waals surface area (Å²) in [5.41, 5.74) is 0.309. The van der Waals surface area contributed by atoms with Gasteiger partial charge >= 0.3 is 0 Å². The minimum atomic E-state index is -0.563. The van der Waals surface area contributed by atoms with Crippen LogP contribution >= 0.6 is 0 Å². The Morgan fingerprint density at radius 2 is 2.37 bits per heavy atom. The second-order valence-corrected chi connectivity index (χ2v) is 5.58. The van der Waals surface area contributed by atoms with Gasteiger partial charge in [-0.25, -0.2) is 4.39 Å². The molecule has 2 N–H and O–H groups in total. The first-order valence-corrected chi connectivity index (χ1v) is 6.84. The van der Waals surface area contributed by atoms with E-state index in [0.717, 1.165) is 25.6 Å². The van der Waals surface area contributed by atoms with Gasteiger partial charge in [-0.15, -0.1) is 0 Å². The van der Waals surface area contributed by atoms with Crippen LogP contribution in [0.5, 0.6) is 0 Å². The molecule has 1 saturated heterocycles. The number of carbonyl (C=O) groups is 1. The van der Waals surface area contributed by atoms with E-state index in [-0.39, 0.29) is 23.1 Å². The number of nitrogens with zero attached hydrogens (tertiary/aromatic N) is 1. The van der Waals surface area contributed by atoms with Crippen molar-refractivity contribution in [3.05, 3.63) is 29.8 Å². The molecule has 1 amide bonds. The number of amides is 1. The minimum absolute atomic E-state index is 0.0798. The Labute approximate surface area is 111 Å². The maximum atomic E-state index is 13.5. The Kier molecular flexibility index (Phi) is 3.22. The van der Waals surface area contributed by atoms with E-state index in [1.165, 1.54) is 31.5 Å². The standard InChI is InChI=1S/C14H18FN3O/c15-12-9-16-6-3-11(12)13(19)18-10-2-7-17-14(8-10)4-1-5-14/h3,6,9-10,17H,1-2,4-5,7-8H2,(H,18,19). The number of rotatable bonds is 2. The molecule has 102 valence electrons. The van der Waals surface area contributed by atoms with E-state index in [4.69, 9.17) is 0 Å². The number of hydrogen-bond donors (Lipinski definition) is 2. The fourth-order valence-corrected chi connectivity index (χ4v) is 3.09. The molecule has 5 heteroatoms. The van der Waals surface area contributed by atoms with Gasteiger partial charge in [0.25, 0.3) is 5.91 Å². The molecule has 4 nitrogen and oxygen atoms in total. The van der Waals surface area contributed by atoms with Gasteiger partial charge in [-0.1, -0.05) is 0 Å². The summed E-state index contributed by atoms with van der Waals surface area (Å²) in [6.07, 6.45) is 7.99. The smallest absolute Gasteiger partial charge is 0.254 e. The molecule has 0 bridgehead atoms. The van der Waals surface area contributed by atoms with Crippen LogP contribution in [0.25, 0.3) is 0 Å². The van der Waals surface area contributed by atoms with Crippen molar-refractivity contribution in [3.63, 3.8) is 0 Å². The van der Waals surface area contributed by atoms with Crippen molar-refractivity contribution < 1.29 is 9.18 Å². The van der Waals surface area contributed by atoms with Crippen LogP contribution in [0.1, 0.15) is 42.5 Å². The van der Waals surface area contributed by atoms with Crippen molar-refractivity contribution in [1.82, 2.24) is 15.6 Å². The van der Waals surface area contributed by atoms with E-state index in [1.54, 1.807) is 0 Å². The molecule has 1 saturated carbocycles. The lowest BCUT2D eigenvalue weighted by Crippen LogP contribution is -2.59. The first kappa shape index (κ1) is 12.5. The first-order chi connectivity index (χ1) is 9.19. The Bertz CT molecular complexity index is 487. The number of halogens is 1. The third-order valence-electron chi connectivity index (χ3n) is 4.29. The van der Waals surface area contributed by atoms with E-state index in [1.807, 2.05) is 0 Å². The van der Waals surface area contributed by atoms with Gasteiger partial charge in [-0.3, -0.25) is 9.78 Å². The van der Waals surface area contributed by atoms with Crippen LogP contribution in [-0.2, 0) is 0 Å². The summed E-state index contributed by atoms with van der Waals surface area (Å²) in [4.78, 5) is 15.7. The van der Waals surface area contributed by atoms with Crippen LogP contribution in [0.3, 0.4) is 0 Å².